The van der Waals surface area contributed by atoms with Crippen LogP contribution in [0.5, 0.6) is 0 Å². The van der Waals surface area contributed by atoms with Crippen LogP contribution in [0.3, 0.4) is 0 Å². The molecule has 0 fully saturated rings. The van der Waals surface area contributed by atoms with E-state index in [-0.39, 0.29) is 0 Å². The number of aryl methyl sites for hydroxylation is 1. The zero-order valence-corrected chi connectivity index (χ0v) is 7.72. The molecule has 0 spiro atoms. The minimum atomic E-state index is 0.618. The molecule has 1 aliphatic heterocycles. The lowest BCUT2D eigenvalue weighted by Gasteiger charge is -2.03. The van der Waals surface area contributed by atoms with Gasteiger partial charge in [-0.2, -0.15) is 0 Å². The molecule has 1 aromatic carbocycles. The van der Waals surface area contributed by atoms with Crippen LogP contribution in [0, 0.1) is 0 Å². The van der Waals surface area contributed by atoms with Gasteiger partial charge in [-0.1, -0.05) is 19.1 Å². The van der Waals surface area contributed by atoms with Crippen LogP contribution in [-0.4, -0.2) is 6.04 Å². The fourth-order valence-electron chi connectivity index (χ4n) is 1.80. The van der Waals surface area contributed by atoms with Crippen LogP contribution in [0.4, 0.5) is 5.69 Å². The van der Waals surface area contributed by atoms with Crippen molar-refractivity contribution in [1.29, 1.82) is 0 Å². The lowest BCUT2D eigenvalue weighted by molar-refractivity contribution is 0.839. The summed E-state index contributed by atoms with van der Waals surface area (Å²) in [4.78, 5) is 0. The van der Waals surface area contributed by atoms with Gasteiger partial charge in [0.05, 0.1) is 0 Å². The van der Waals surface area contributed by atoms with Gasteiger partial charge in [0.25, 0.3) is 0 Å². The zero-order chi connectivity index (χ0) is 8.55. The van der Waals surface area contributed by atoms with E-state index in [2.05, 4.69) is 37.4 Å². The van der Waals surface area contributed by atoms with Crippen LogP contribution in [0.2, 0.25) is 0 Å². The quantitative estimate of drug-likeness (QED) is 0.667. The summed E-state index contributed by atoms with van der Waals surface area (Å²) in [6, 6.07) is 7.38. The van der Waals surface area contributed by atoms with E-state index in [4.69, 9.17) is 0 Å². The van der Waals surface area contributed by atoms with Gasteiger partial charge < -0.3 is 5.32 Å². The topological polar surface area (TPSA) is 12.0 Å². The van der Waals surface area contributed by atoms with Crippen LogP contribution in [0.1, 0.15) is 25.0 Å². The molecule has 1 heteroatoms. The van der Waals surface area contributed by atoms with E-state index in [0.717, 1.165) is 6.42 Å². The molecule has 12 heavy (non-hydrogen) atoms. The molecule has 2 rings (SSSR count). The van der Waals surface area contributed by atoms with Gasteiger partial charge in [-0.05, 0) is 37.0 Å². The second-order valence-electron chi connectivity index (χ2n) is 3.59. The van der Waals surface area contributed by atoms with Gasteiger partial charge in [-0.15, -0.1) is 0 Å². The van der Waals surface area contributed by atoms with Crippen molar-refractivity contribution < 1.29 is 0 Å². The van der Waals surface area contributed by atoms with Gasteiger partial charge in [0, 0.05) is 11.7 Å². The van der Waals surface area contributed by atoms with Crippen LogP contribution >= 0.6 is 0 Å². The average Bonchev–Trinajstić information content (AvgIpc) is 2.43. The third kappa shape index (κ3) is 1.20. The standard InChI is InChI=1S/C11H15N/c1-3-9-4-5-10-6-8(2)12-11(10)7-9/h4-5,7-8,12H,3,6H2,1-2H3. The van der Waals surface area contributed by atoms with Crippen molar-refractivity contribution in [3.8, 4) is 0 Å². The Labute approximate surface area is 73.8 Å². The number of hydrogen-bond acceptors (Lipinski definition) is 1. The number of anilines is 1. The number of hydrogen-bond donors (Lipinski definition) is 1. The highest BCUT2D eigenvalue weighted by atomic mass is 14.9. The van der Waals surface area contributed by atoms with Crippen molar-refractivity contribution in [2.75, 3.05) is 5.32 Å². The van der Waals surface area contributed by atoms with Gasteiger partial charge in [0.1, 0.15) is 0 Å². The number of rotatable bonds is 1. The van der Waals surface area contributed by atoms with Crippen molar-refractivity contribution in [1.82, 2.24) is 0 Å². The molecule has 0 saturated heterocycles. The second-order valence-corrected chi connectivity index (χ2v) is 3.59. The normalized spacial score (nSPS) is 20.3. The molecule has 1 N–H and O–H groups in total. The van der Waals surface area contributed by atoms with E-state index >= 15 is 0 Å². The molecule has 0 radical (unpaired) electrons. The Balaban J connectivity index is 2.35. The van der Waals surface area contributed by atoms with E-state index in [1.165, 1.54) is 23.2 Å². The van der Waals surface area contributed by atoms with Crippen LogP contribution < -0.4 is 5.32 Å². The Morgan fingerprint density at radius 2 is 2.33 bits per heavy atom. The lowest BCUT2D eigenvalue weighted by atomic mass is 10.1. The largest absolute Gasteiger partial charge is 0.382 e. The summed E-state index contributed by atoms with van der Waals surface area (Å²) in [5, 5.41) is 3.47. The van der Waals surface area contributed by atoms with Crippen LogP contribution in [0.25, 0.3) is 0 Å². The molecule has 0 bridgehead atoms. The van der Waals surface area contributed by atoms with Crippen molar-refractivity contribution in [2.45, 2.75) is 32.7 Å². The van der Waals surface area contributed by atoms with Crippen LogP contribution in [-0.2, 0) is 12.8 Å². The van der Waals surface area contributed by atoms with Gasteiger partial charge in [-0.25, -0.2) is 0 Å². The van der Waals surface area contributed by atoms with Gasteiger partial charge in [0.15, 0.2) is 0 Å². The van der Waals surface area contributed by atoms with Gasteiger partial charge >= 0.3 is 0 Å². The summed E-state index contributed by atoms with van der Waals surface area (Å²) in [5.74, 6) is 0. The van der Waals surface area contributed by atoms with Crippen molar-refractivity contribution >= 4 is 5.69 Å². The minimum absolute atomic E-state index is 0.618. The molecule has 1 heterocycles. The average molecular weight is 161 g/mol. The SMILES string of the molecule is CCc1ccc2c(c1)NC(C)C2. The predicted molar refractivity (Wildman–Crippen MR) is 52.6 cm³/mol. The van der Waals surface area contributed by atoms with Crippen LogP contribution in [0.15, 0.2) is 18.2 Å². The second kappa shape index (κ2) is 2.81. The highest BCUT2D eigenvalue weighted by Crippen LogP contribution is 2.26. The summed E-state index contributed by atoms with van der Waals surface area (Å²) in [6.07, 6.45) is 2.31. The van der Waals surface area contributed by atoms with E-state index in [0.29, 0.717) is 6.04 Å². The van der Waals surface area contributed by atoms with Crippen molar-refractivity contribution in [3.63, 3.8) is 0 Å². The van der Waals surface area contributed by atoms with Crippen molar-refractivity contribution in [2.24, 2.45) is 0 Å². The Morgan fingerprint density at radius 1 is 1.50 bits per heavy atom. The molecule has 1 atom stereocenters. The molecule has 1 aromatic rings. The van der Waals surface area contributed by atoms with Gasteiger partial charge in [-0.3, -0.25) is 0 Å². The lowest BCUT2D eigenvalue weighted by Crippen LogP contribution is -2.08. The molecular formula is C11H15N. The third-order valence-electron chi connectivity index (χ3n) is 2.51. The fourth-order valence-corrected chi connectivity index (χ4v) is 1.80. The zero-order valence-electron chi connectivity index (χ0n) is 7.72. The molecule has 0 amide bonds. The highest BCUT2D eigenvalue weighted by molar-refractivity contribution is 5.58. The first-order valence-corrected chi connectivity index (χ1v) is 4.68. The predicted octanol–water partition coefficient (Wildman–Crippen LogP) is 2.61. The summed E-state index contributed by atoms with van der Waals surface area (Å²) in [7, 11) is 0. The molecule has 1 aliphatic rings. The maximum atomic E-state index is 3.47. The molecule has 0 aliphatic carbocycles. The minimum Gasteiger partial charge on any atom is -0.382 e. The Hall–Kier alpha value is -0.980. The Morgan fingerprint density at radius 3 is 3.08 bits per heavy atom. The molecule has 64 valence electrons. The molecule has 1 unspecified atom stereocenters. The monoisotopic (exact) mass is 161 g/mol. The third-order valence-corrected chi connectivity index (χ3v) is 2.51. The summed E-state index contributed by atoms with van der Waals surface area (Å²) in [6.45, 7) is 4.42. The number of fused-ring (bicyclic) bond motifs is 1. The van der Waals surface area contributed by atoms with E-state index in [9.17, 15) is 0 Å². The maximum Gasteiger partial charge on any atom is 0.0378 e. The smallest absolute Gasteiger partial charge is 0.0378 e. The van der Waals surface area contributed by atoms with Gasteiger partial charge in [0.2, 0.25) is 0 Å². The first kappa shape index (κ1) is 7.66. The molecular weight excluding hydrogens is 146 g/mol. The Bertz CT molecular complexity index is 291. The Kier molecular flexibility index (Phi) is 1.80. The van der Waals surface area contributed by atoms with E-state index < -0.39 is 0 Å². The number of benzene rings is 1. The first-order valence-electron chi connectivity index (χ1n) is 4.68. The molecule has 0 aromatic heterocycles. The fraction of sp³-hybridized carbons (Fsp3) is 0.455. The molecule has 1 nitrogen and oxygen atoms in total. The summed E-state index contributed by atoms with van der Waals surface area (Å²) >= 11 is 0. The van der Waals surface area contributed by atoms with Crippen molar-refractivity contribution in [3.05, 3.63) is 29.3 Å². The number of nitrogens with one attached hydrogen (secondary N) is 1. The first-order chi connectivity index (χ1) is 5.79. The highest BCUT2D eigenvalue weighted by Gasteiger charge is 2.15. The summed E-state index contributed by atoms with van der Waals surface area (Å²) in [5.41, 5.74) is 4.25. The maximum absolute atomic E-state index is 3.47. The molecule has 0 saturated carbocycles. The summed E-state index contributed by atoms with van der Waals surface area (Å²) < 4.78 is 0. The van der Waals surface area contributed by atoms with E-state index in [1.807, 2.05) is 0 Å². The van der Waals surface area contributed by atoms with E-state index in [1.54, 1.807) is 0 Å².